The summed E-state index contributed by atoms with van der Waals surface area (Å²) in [7, 11) is 1.63. The van der Waals surface area contributed by atoms with Crippen LogP contribution in [0.4, 0.5) is 0 Å². The van der Waals surface area contributed by atoms with E-state index in [0.717, 1.165) is 29.6 Å². The monoisotopic (exact) mass is 327 g/mol. The lowest BCUT2D eigenvalue weighted by Gasteiger charge is -2.12. The Bertz CT molecular complexity index is 444. The molecule has 1 aliphatic rings. The molecule has 0 amide bonds. The minimum atomic E-state index is -0.0350. The van der Waals surface area contributed by atoms with Crippen molar-refractivity contribution in [3.63, 3.8) is 0 Å². The maximum Gasteiger partial charge on any atom is 0.179 e. The predicted molar refractivity (Wildman–Crippen MR) is 76.9 cm³/mol. The molecule has 1 heterocycles. The largest absolute Gasteiger partial charge is 0.490 e. The molecule has 5 heteroatoms. The predicted octanol–water partition coefficient (Wildman–Crippen LogP) is 2.41. The Morgan fingerprint density at radius 2 is 2.32 bits per heavy atom. The summed E-state index contributed by atoms with van der Waals surface area (Å²) in [4.78, 5) is 12.2. The first-order chi connectivity index (χ1) is 9.22. The normalized spacial score (nSPS) is 18.5. The van der Waals surface area contributed by atoms with Crippen molar-refractivity contribution in [1.29, 1.82) is 0 Å². The number of halogens is 1. The van der Waals surface area contributed by atoms with Gasteiger partial charge in [0.15, 0.2) is 5.78 Å². The number of carbonyl (C=O) groups excluding carboxylic acids is 1. The number of hydrogen-bond acceptors (Lipinski definition) is 4. The van der Waals surface area contributed by atoms with E-state index in [1.54, 1.807) is 7.11 Å². The third kappa shape index (κ3) is 3.78. The van der Waals surface area contributed by atoms with Gasteiger partial charge in [0.25, 0.3) is 0 Å². The molecule has 1 atom stereocenters. The highest BCUT2D eigenvalue weighted by atomic mass is 79.9. The highest BCUT2D eigenvalue weighted by Gasteiger charge is 2.23. The van der Waals surface area contributed by atoms with Crippen LogP contribution in [-0.2, 0) is 4.74 Å². The first kappa shape index (κ1) is 14.5. The van der Waals surface area contributed by atoms with Gasteiger partial charge in [-0.05, 0) is 53.5 Å². The van der Waals surface area contributed by atoms with Gasteiger partial charge in [-0.2, -0.15) is 0 Å². The number of rotatable bonds is 6. The summed E-state index contributed by atoms with van der Waals surface area (Å²) >= 11 is 3.44. The number of ether oxygens (including phenoxy) is 2. The Morgan fingerprint density at radius 1 is 1.47 bits per heavy atom. The number of hydrogen-bond donors (Lipinski definition) is 1. The van der Waals surface area contributed by atoms with Gasteiger partial charge in [-0.25, -0.2) is 0 Å². The van der Waals surface area contributed by atoms with Crippen LogP contribution < -0.4 is 10.1 Å². The third-order valence-corrected chi connectivity index (χ3v) is 3.76. The maximum absolute atomic E-state index is 12.2. The smallest absolute Gasteiger partial charge is 0.179 e. The van der Waals surface area contributed by atoms with E-state index >= 15 is 0 Å². The average molecular weight is 328 g/mol. The molecule has 1 unspecified atom stereocenters. The number of carbonyl (C=O) groups is 1. The van der Waals surface area contributed by atoms with Gasteiger partial charge in [0.05, 0.1) is 17.1 Å². The van der Waals surface area contributed by atoms with E-state index in [1.165, 1.54) is 0 Å². The van der Waals surface area contributed by atoms with Crippen LogP contribution in [0.3, 0.4) is 0 Å². The van der Waals surface area contributed by atoms with Crippen molar-refractivity contribution >= 4 is 21.7 Å². The SMILES string of the molecule is COCCOc1ccc(C(=O)C2CCCN2)cc1Br. The standard InChI is InChI=1S/C14H18BrNO3/c1-18-7-8-19-13-5-4-10(9-11(13)15)14(17)12-3-2-6-16-12/h4-5,9,12,16H,2-3,6-8H2,1H3. The minimum absolute atomic E-state index is 0.0350. The Balaban J connectivity index is 2.03. The van der Waals surface area contributed by atoms with Crippen molar-refractivity contribution in [1.82, 2.24) is 5.32 Å². The molecule has 0 bridgehead atoms. The van der Waals surface area contributed by atoms with Crippen molar-refractivity contribution < 1.29 is 14.3 Å². The minimum Gasteiger partial charge on any atom is -0.490 e. The topological polar surface area (TPSA) is 47.6 Å². The van der Waals surface area contributed by atoms with Gasteiger partial charge in [0.1, 0.15) is 12.4 Å². The summed E-state index contributed by atoms with van der Waals surface area (Å²) in [6, 6.07) is 5.42. The number of Topliss-reactive ketones (excluding diaryl/α,β-unsaturated/α-hetero) is 1. The molecule has 0 spiro atoms. The van der Waals surface area contributed by atoms with E-state index in [9.17, 15) is 4.79 Å². The quantitative estimate of drug-likeness (QED) is 0.644. The summed E-state index contributed by atoms with van der Waals surface area (Å²) < 4.78 is 11.3. The number of methoxy groups -OCH3 is 1. The molecular weight excluding hydrogens is 310 g/mol. The molecule has 0 saturated carbocycles. The Labute approximate surface area is 121 Å². The highest BCUT2D eigenvalue weighted by Crippen LogP contribution is 2.27. The zero-order chi connectivity index (χ0) is 13.7. The average Bonchev–Trinajstić information content (AvgIpc) is 2.94. The Hall–Kier alpha value is -0.910. The molecule has 1 aliphatic heterocycles. The van der Waals surface area contributed by atoms with Crippen LogP contribution >= 0.6 is 15.9 Å². The van der Waals surface area contributed by atoms with E-state index in [0.29, 0.717) is 18.8 Å². The van der Waals surface area contributed by atoms with Crippen molar-refractivity contribution in [2.24, 2.45) is 0 Å². The second-order valence-corrected chi connectivity index (χ2v) is 5.35. The van der Waals surface area contributed by atoms with Crippen molar-refractivity contribution in [3.8, 4) is 5.75 Å². The zero-order valence-electron chi connectivity index (χ0n) is 10.9. The first-order valence-electron chi connectivity index (χ1n) is 6.41. The number of ketones is 1. The zero-order valence-corrected chi connectivity index (χ0v) is 12.5. The molecule has 1 aromatic rings. The van der Waals surface area contributed by atoms with Crippen LogP contribution in [0.1, 0.15) is 23.2 Å². The van der Waals surface area contributed by atoms with E-state index in [1.807, 2.05) is 18.2 Å². The van der Waals surface area contributed by atoms with Gasteiger partial charge in [-0.1, -0.05) is 0 Å². The van der Waals surface area contributed by atoms with E-state index in [-0.39, 0.29) is 11.8 Å². The van der Waals surface area contributed by atoms with Gasteiger partial charge in [-0.15, -0.1) is 0 Å². The summed E-state index contributed by atoms with van der Waals surface area (Å²) in [5.74, 6) is 0.884. The van der Waals surface area contributed by atoms with Gasteiger partial charge >= 0.3 is 0 Å². The van der Waals surface area contributed by atoms with Crippen LogP contribution in [0.25, 0.3) is 0 Å². The number of nitrogens with one attached hydrogen (secondary N) is 1. The molecule has 1 aromatic carbocycles. The van der Waals surface area contributed by atoms with Gasteiger partial charge in [0, 0.05) is 12.7 Å². The molecule has 104 valence electrons. The first-order valence-corrected chi connectivity index (χ1v) is 7.20. The summed E-state index contributed by atoms with van der Waals surface area (Å²) in [5.41, 5.74) is 0.713. The summed E-state index contributed by atoms with van der Waals surface area (Å²) in [6.07, 6.45) is 1.98. The third-order valence-electron chi connectivity index (χ3n) is 3.14. The molecule has 0 radical (unpaired) electrons. The molecule has 19 heavy (non-hydrogen) atoms. The van der Waals surface area contributed by atoms with Crippen LogP contribution in [-0.4, -0.2) is 38.7 Å². The molecule has 1 N–H and O–H groups in total. The lowest BCUT2D eigenvalue weighted by atomic mass is 10.0. The van der Waals surface area contributed by atoms with E-state index < -0.39 is 0 Å². The van der Waals surface area contributed by atoms with Gasteiger partial charge in [0.2, 0.25) is 0 Å². The second kappa shape index (κ2) is 7.03. The lowest BCUT2D eigenvalue weighted by Crippen LogP contribution is -2.30. The fraction of sp³-hybridized carbons (Fsp3) is 0.500. The molecule has 4 nitrogen and oxygen atoms in total. The van der Waals surface area contributed by atoms with Crippen LogP contribution in [0, 0.1) is 0 Å². The highest BCUT2D eigenvalue weighted by molar-refractivity contribution is 9.10. The van der Waals surface area contributed by atoms with E-state index in [2.05, 4.69) is 21.2 Å². The Kier molecular flexibility index (Phi) is 5.36. The van der Waals surface area contributed by atoms with Crippen LogP contribution in [0.15, 0.2) is 22.7 Å². The van der Waals surface area contributed by atoms with Crippen LogP contribution in [0.5, 0.6) is 5.75 Å². The molecule has 2 rings (SSSR count). The van der Waals surface area contributed by atoms with Gasteiger partial charge < -0.3 is 14.8 Å². The van der Waals surface area contributed by atoms with Crippen LogP contribution in [0.2, 0.25) is 0 Å². The maximum atomic E-state index is 12.2. The van der Waals surface area contributed by atoms with Crippen molar-refractivity contribution in [3.05, 3.63) is 28.2 Å². The lowest BCUT2D eigenvalue weighted by molar-refractivity contribution is 0.0952. The molecule has 0 aliphatic carbocycles. The summed E-state index contributed by atoms with van der Waals surface area (Å²) in [5, 5.41) is 3.22. The molecule has 1 fully saturated rings. The Morgan fingerprint density at radius 3 is 2.95 bits per heavy atom. The number of benzene rings is 1. The van der Waals surface area contributed by atoms with Crippen molar-refractivity contribution in [2.75, 3.05) is 26.9 Å². The second-order valence-electron chi connectivity index (χ2n) is 4.50. The van der Waals surface area contributed by atoms with E-state index in [4.69, 9.17) is 9.47 Å². The van der Waals surface area contributed by atoms with Crippen molar-refractivity contribution in [2.45, 2.75) is 18.9 Å². The fourth-order valence-corrected chi connectivity index (χ4v) is 2.61. The fourth-order valence-electron chi connectivity index (χ4n) is 2.12. The molecule has 1 saturated heterocycles. The summed E-state index contributed by atoms with van der Waals surface area (Å²) in [6.45, 7) is 1.96. The molecular formula is C14H18BrNO3. The molecule has 0 aromatic heterocycles. The van der Waals surface area contributed by atoms with Gasteiger partial charge in [-0.3, -0.25) is 4.79 Å².